The van der Waals surface area contributed by atoms with Crippen LogP contribution in [0.5, 0.6) is 5.75 Å². The molecule has 2 amide bonds. The lowest BCUT2D eigenvalue weighted by Gasteiger charge is -2.11. The van der Waals surface area contributed by atoms with Crippen LogP contribution in [0.3, 0.4) is 0 Å². The van der Waals surface area contributed by atoms with Crippen molar-refractivity contribution in [1.29, 1.82) is 0 Å². The van der Waals surface area contributed by atoms with E-state index in [0.29, 0.717) is 17.2 Å². The Labute approximate surface area is 144 Å². The summed E-state index contributed by atoms with van der Waals surface area (Å²) in [4.78, 5) is 30.4. The van der Waals surface area contributed by atoms with Crippen LogP contribution in [0.1, 0.15) is 18.2 Å². The lowest BCUT2D eigenvalue weighted by Crippen LogP contribution is -2.27. The van der Waals surface area contributed by atoms with Crippen molar-refractivity contribution in [3.63, 3.8) is 0 Å². The van der Waals surface area contributed by atoms with E-state index in [2.05, 4.69) is 4.98 Å². The summed E-state index contributed by atoms with van der Waals surface area (Å²) in [5, 5.41) is -0.275. The average Bonchev–Trinajstić information content (AvgIpc) is 2.85. The van der Waals surface area contributed by atoms with Crippen LogP contribution >= 0.6 is 11.8 Å². The first kappa shape index (κ1) is 16.3. The molecule has 0 unspecified atom stereocenters. The van der Waals surface area contributed by atoms with E-state index in [-0.39, 0.29) is 17.7 Å². The summed E-state index contributed by atoms with van der Waals surface area (Å²) < 4.78 is 5.39. The number of nitrogens with zero attached hydrogens (tertiary/aromatic N) is 2. The van der Waals surface area contributed by atoms with E-state index >= 15 is 0 Å². The van der Waals surface area contributed by atoms with Crippen LogP contribution in [0.25, 0.3) is 6.08 Å². The molecule has 0 aliphatic carbocycles. The van der Waals surface area contributed by atoms with Crippen LogP contribution in [0, 0.1) is 0 Å². The van der Waals surface area contributed by atoms with Crippen molar-refractivity contribution < 1.29 is 14.3 Å². The first-order valence-corrected chi connectivity index (χ1v) is 8.37. The number of amides is 2. The Morgan fingerprint density at radius 3 is 2.62 bits per heavy atom. The minimum atomic E-state index is -0.287. The number of thioether (sulfide) groups is 1. The Kier molecular flexibility index (Phi) is 4.96. The highest BCUT2D eigenvalue weighted by molar-refractivity contribution is 8.18. The van der Waals surface area contributed by atoms with Crippen molar-refractivity contribution in [2.24, 2.45) is 0 Å². The van der Waals surface area contributed by atoms with Crippen LogP contribution < -0.4 is 4.74 Å². The van der Waals surface area contributed by atoms with Crippen molar-refractivity contribution in [3.05, 3.63) is 64.8 Å². The maximum Gasteiger partial charge on any atom is 0.293 e. The van der Waals surface area contributed by atoms with Crippen LogP contribution in [0.2, 0.25) is 0 Å². The minimum Gasteiger partial charge on any atom is -0.494 e. The second kappa shape index (κ2) is 7.31. The van der Waals surface area contributed by atoms with Crippen molar-refractivity contribution >= 4 is 29.0 Å². The van der Waals surface area contributed by atoms with Gasteiger partial charge in [-0.3, -0.25) is 19.5 Å². The Balaban J connectivity index is 1.75. The van der Waals surface area contributed by atoms with Crippen molar-refractivity contribution in [2.45, 2.75) is 13.5 Å². The molecule has 24 heavy (non-hydrogen) atoms. The van der Waals surface area contributed by atoms with Gasteiger partial charge in [-0.15, -0.1) is 0 Å². The second-order valence-corrected chi connectivity index (χ2v) is 6.08. The summed E-state index contributed by atoms with van der Waals surface area (Å²) in [6.45, 7) is 2.71. The molecule has 0 spiro atoms. The third-order valence-electron chi connectivity index (χ3n) is 3.41. The third-order valence-corrected chi connectivity index (χ3v) is 4.32. The van der Waals surface area contributed by atoms with Gasteiger partial charge in [0.1, 0.15) is 5.75 Å². The first-order chi connectivity index (χ1) is 11.7. The molecule has 1 aliphatic rings. The maximum atomic E-state index is 12.5. The Hall–Kier alpha value is -2.60. The van der Waals surface area contributed by atoms with Gasteiger partial charge in [-0.05, 0) is 54.6 Å². The lowest BCUT2D eigenvalue weighted by atomic mass is 10.2. The van der Waals surface area contributed by atoms with Gasteiger partial charge < -0.3 is 4.74 Å². The fourth-order valence-corrected chi connectivity index (χ4v) is 3.11. The number of carbonyl (C=O) groups excluding carboxylic acids is 2. The summed E-state index contributed by atoms with van der Waals surface area (Å²) in [7, 11) is 0. The maximum absolute atomic E-state index is 12.5. The van der Waals surface area contributed by atoms with E-state index in [0.717, 1.165) is 23.1 Å². The summed E-state index contributed by atoms with van der Waals surface area (Å²) in [6, 6.07) is 12.8. The van der Waals surface area contributed by atoms with Gasteiger partial charge in [0, 0.05) is 6.20 Å². The molecule has 6 heteroatoms. The van der Waals surface area contributed by atoms with Gasteiger partial charge in [0.15, 0.2) is 0 Å². The highest BCUT2D eigenvalue weighted by atomic mass is 32.2. The second-order valence-electron chi connectivity index (χ2n) is 5.09. The van der Waals surface area contributed by atoms with Crippen LogP contribution in [-0.2, 0) is 11.3 Å². The SMILES string of the molecule is CCOc1ccc(/C=C2\SC(=O)N(Cc3ccccn3)C2=O)cc1. The normalized spacial score (nSPS) is 16.0. The standard InChI is InChI=1S/C18H16N2O3S/c1-2-23-15-8-6-13(7-9-15)11-16-17(21)20(18(22)24-16)12-14-5-3-4-10-19-14/h3-11H,2,12H2,1H3/b16-11-. The van der Waals surface area contributed by atoms with Crippen LogP contribution in [-0.4, -0.2) is 27.6 Å². The molecule has 1 fully saturated rings. The summed E-state index contributed by atoms with van der Waals surface area (Å²) in [6.07, 6.45) is 3.36. The minimum absolute atomic E-state index is 0.187. The zero-order valence-electron chi connectivity index (χ0n) is 13.1. The number of aromatic nitrogens is 1. The van der Waals surface area contributed by atoms with E-state index in [1.807, 2.05) is 37.3 Å². The topological polar surface area (TPSA) is 59.5 Å². The van der Waals surface area contributed by atoms with E-state index < -0.39 is 0 Å². The predicted molar refractivity (Wildman–Crippen MR) is 93.4 cm³/mol. The number of pyridine rings is 1. The molecule has 1 saturated heterocycles. The molecule has 0 radical (unpaired) electrons. The highest BCUT2D eigenvalue weighted by Crippen LogP contribution is 2.33. The monoisotopic (exact) mass is 340 g/mol. The molecule has 2 heterocycles. The van der Waals surface area contributed by atoms with Gasteiger partial charge in [-0.2, -0.15) is 0 Å². The van der Waals surface area contributed by atoms with E-state index in [9.17, 15) is 9.59 Å². The Morgan fingerprint density at radius 2 is 1.96 bits per heavy atom. The average molecular weight is 340 g/mol. The van der Waals surface area contributed by atoms with E-state index in [4.69, 9.17) is 4.74 Å². The molecule has 1 aliphatic heterocycles. The molecule has 1 aromatic carbocycles. The number of hydrogen-bond acceptors (Lipinski definition) is 5. The molecule has 0 N–H and O–H groups in total. The van der Waals surface area contributed by atoms with E-state index in [1.165, 1.54) is 4.90 Å². The highest BCUT2D eigenvalue weighted by Gasteiger charge is 2.35. The number of imide groups is 1. The fraction of sp³-hybridized carbons (Fsp3) is 0.167. The number of benzene rings is 1. The van der Waals surface area contributed by atoms with Crippen LogP contribution in [0.15, 0.2) is 53.6 Å². The van der Waals surface area contributed by atoms with E-state index in [1.54, 1.807) is 24.4 Å². The number of carbonyl (C=O) groups is 2. The Morgan fingerprint density at radius 1 is 1.17 bits per heavy atom. The molecule has 0 atom stereocenters. The van der Waals surface area contributed by atoms with Crippen LogP contribution in [0.4, 0.5) is 4.79 Å². The first-order valence-electron chi connectivity index (χ1n) is 7.55. The quantitative estimate of drug-likeness (QED) is 0.777. The summed E-state index contributed by atoms with van der Waals surface area (Å²) in [5.41, 5.74) is 1.53. The molecular formula is C18H16N2O3S. The van der Waals surface area contributed by atoms with Crippen molar-refractivity contribution in [2.75, 3.05) is 6.61 Å². The Bertz CT molecular complexity index is 773. The number of rotatable bonds is 5. The molecule has 5 nitrogen and oxygen atoms in total. The number of ether oxygens (including phenoxy) is 1. The molecule has 3 rings (SSSR count). The summed E-state index contributed by atoms with van der Waals surface area (Å²) in [5.74, 6) is 0.488. The molecule has 122 valence electrons. The van der Waals surface area contributed by atoms with Crippen molar-refractivity contribution in [1.82, 2.24) is 9.88 Å². The van der Waals surface area contributed by atoms with Gasteiger partial charge in [0.2, 0.25) is 0 Å². The van der Waals surface area contributed by atoms with Gasteiger partial charge >= 0.3 is 0 Å². The van der Waals surface area contributed by atoms with Gasteiger partial charge in [0.05, 0.1) is 23.8 Å². The number of hydrogen-bond donors (Lipinski definition) is 0. The summed E-state index contributed by atoms with van der Waals surface area (Å²) >= 11 is 0.950. The van der Waals surface area contributed by atoms with Gasteiger partial charge in [0.25, 0.3) is 11.1 Å². The smallest absolute Gasteiger partial charge is 0.293 e. The predicted octanol–water partition coefficient (Wildman–Crippen LogP) is 3.72. The largest absolute Gasteiger partial charge is 0.494 e. The van der Waals surface area contributed by atoms with Gasteiger partial charge in [-0.25, -0.2) is 0 Å². The fourth-order valence-electron chi connectivity index (χ4n) is 2.27. The molecule has 1 aromatic heterocycles. The molecule has 2 aromatic rings. The molecular weight excluding hydrogens is 324 g/mol. The third kappa shape index (κ3) is 3.65. The van der Waals surface area contributed by atoms with Gasteiger partial charge in [-0.1, -0.05) is 18.2 Å². The zero-order chi connectivity index (χ0) is 16.9. The lowest BCUT2D eigenvalue weighted by molar-refractivity contribution is -0.123. The van der Waals surface area contributed by atoms with Crippen molar-refractivity contribution in [3.8, 4) is 5.75 Å². The zero-order valence-corrected chi connectivity index (χ0v) is 14.0. The molecule has 0 saturated carbocycles. The molecule has 0 bridgehead atoms.